The van der Waals surface area contributed by atoms with Gasteiger partial charge in [0.2, 0.25) is 8.32 Å². The second-order valence-corrected chi connectivity index (χ2v) is 30.5. The van der Waals surface area contributed by atoms with Crippen molar-refractivity contribution in [1.29, 1.82) is 0 Å². The fourth-order valence-corrected chi connectivity index (χ4v) is 8.78. The van der Waals surface area contributed by atoms with E-state index in [1.807, 2.05) is 13.1 Å². The van der Waals surface area contributed by atoms with E-state index < -0.39 is 35.1 Å². The number of rotatable bonds is 13. The van der Waals surface area contributed by atoms with Gasteiger partial charge >= 0.3 is 0 Å². The number of hydrogen-bond donors (Lipinski definition) is 0. The molecule has 0 aromatic rings. The van der Waals surface area contributed by atoms with E-state index in [-0.39, 0.29) is 20.9 Å². The van der Waals surface area contributed by atoms with Gasteiger partial charge in [0.15, 0.2) is 16.6 Å². The van der Waals surface area contributed by atoms with Crippen LogP contribution in [0.5, 0.6) is 0 Å². The van der Waals surface area contributed by atoms with E-state index in [1.165, 1.54) is 0 Å². The fraction of sp³-hybridized carbons (Fsp3) is 1.00. The van der Waals surface area contributed by atoms with Gasteiger partial charge in [0.1, 0.15) is 0 Å². The van der Waals surface area contributed by atoms with Crippen LogP contribution in [0.15, 0.2) is 0 Å². The molecule has 0 saturated heterocycles. The monoisotopic (exact) mass is 555 g/mol. The lowest BCUT2D eigenvalue weighted by molar-refractivity contribution is 0.170. The lowest BCUT2D eigenvalue weighted by Crippen LogP contribution is -2.46. The van der Waals surface area contributed by atoms with Crippen molar-refractivity contribution >= 4 is 35.1 Å². The van der Waals surface area contributed by atoms with E-state index in [0.29, 0.717) is 32.8 Å². The van der Waals surface area contributed by atoms with Crippen molar-refractivity contribution in [3.63, 3.8) is 0 Å². The summed E-state index contributed by atoms with van der Waals surface area (Å²) in [6.45, 7) is 35.5. The molecular weight excluding hydrogens is 499 g/mol. The van der Waals surface area contributed by atoms with Crippen molar-refractivity contribution in [2.75, 3.05) is 38.6 Å². The van der Waals surface area contributed by atoms with Gasteiger partial charge in [0.25, 0.3) is 10.1 Å². The van der Waals surface area contributed by atoms with E-state index >= 15 is 0 Å². The predicted octanol–water partition coefficient (Wildman–Crippen LogP) is 6.68. The van der Waals surface area contributed by atoms with E-state index in [0.717, 1.165) is 0 Å². The molecule has 0 aliphatic heterocycles. The van der Waals surface area contributed by atoms with E-state index in [9.17, 15) is 8.42 Å². The Balaban J connectivity index is 5.26. The molecule has 0 spiro atoms. The molecule has 6 nitrogen and oxygen atoms in total. The highest BCUT2D eigenvalue weighted by Gasteiger charge is 2.42. The Morgan fingerprint density at radius 3 is 1.21 bits per heavy atom. The first-order valence-corrected chi connectivity index (χ1v) is 23.0. The minimum atomic E-state index is -3.62. The first-order valence-electron chi connectivity index (χ1n) is 12.7. The van der Waals surface area contributed by atoms with Crippen LogP contribution in [0.25, 0.3) is 0 Å². The summed E-state index contributed by atoms with van der Waals surface area (Å²) < 4.78 is 44.3. The van der Waals surface area contributed by atoms with Crippen LogP contribution >= 0.6 is 0 Å². The van der Waals surface area contributed by atoms with Crippen LogP contribution in [0.3, 0.4) is 0 Å². The number of hydrogen-bond acceptors (Lipinski definition) is 6. The van der Waals surface area contributed by atoms with Crippen molar-refractivity contribution in [2.45, 2.75) is 117 Å². The maximum atomic E-state index is 12.9. The van der Waals surface area contributed by atoms with Gasteiger partial charge in [-0.1, -0.05) is 62.3 Å². The van der Waals surface area contributed by atoms with Crippen molar-refractivity contribution < 1.29 is 21.1 Å². The van der Waals surface area contributed by atoms with Gasteiger partial charge in [-0.3, -0.25) is 4.90 Å². The molecule has 0 rings (SSSR count). The van der Waals surface area contributed by atoms with Gasteiger partial charge in [0.05, 0.1) is 5.75 Å². The Hall–Kier alpha value is 0.441. The first-order chi connectivity index (χ1) is 14.7. The van der Waals surface area contributed by atoms with Crippen molar-refractivity contribution in [1.82, 2.24) is 4.90 Å². The Morgan fingerprint density at radius 1 is 0.588 bits per heavy atom. The highest BCUT2D eigenvalue weighted by Crippen LogP contribution is 2.38. The van der Waals surface area contributed by atoms with E-state index in [1.54, 1.807) is 0 Å². The van der Waals surface area contributed by atoms with Gasteiger partial charge in [-0.05, 0) is 54.4 Å². The second kappa shape index (κ2) is 11.9. The zero-order valence-electron chi connectivity index (χ0n) is 25.1. The molecule has 34 heavy (non-hydrogen) atoms. The van der Waals surface area contributed by atoms with Crippen LogP contribution in [0.2, 0.25) is 54.4 Å². The summed E-state index contributed by atoms with van der Waals surface area (Å²) in [5, 5.41) is 0.126. The summed E-state index contributed by atoms with van der Waals surface area (Å²) in [5.41, 5.74) is 0. The van der Waals surface area contributed by atoms with Crippen molar-refractivity contribution in [3.8, 4) is 0 Å². The molecule has 10 heteroatoms. The highest BCUT2D eigenvalue weighted by molar-refractivity contribution is 7.87. The van der Waals surface area contributed by atoms with Gasteiger partial charge in [-0.2, -0.15) is 0 Å². The molecule has 0 N–H and O–H groups in total. The lowest BCUT2D eigenvalue weighted by atomic mass is 10.2. The average Bonchev–Trinajstić information content (AvgIpc) is 2.55. The fourth-order valence-electron chi connectivity index (χ4n) is 2.35. The summed E-state index contributed by atoms with van der Waals surface area (Å²) in [4.78, 5) is 2.16. The summed E-state index contributed by atoms with van der Waals surface area (Å²) in [7, 11) is -9.73. The molecule has 0 amide bonds. The molecule has 0 aliphatic carbocycles. The molecule has 0 atom stereocenters. The molecule has 206 valence electrons. The zero-order valence-corrected chi connectivity index (χ0v) is 29.0. The summed E-state index contributed by atoms with van der Waals surface area (Å²) in [6, 6.07) is 0. The summed E-state index contributed by atoms with van der Waals surface area (Å²) >= 11 is 0. The summed E-state index contributed by atoms with van der Waals surface area (Å²) in [6.07, 6.45) is 0. The molecule has 0 bridgehead atoms. The first kappa shape index (κ1) is 34.4. The van der Waals surface area contributed by atoms with Gasteiger partial charge in [0, 0.05) is 32.8 Å². The third-order valence-corrected chi connectivity index (χ3v) is 24.2. The SMILES string of the molecule is CC(C)(C)[Si](C)(C)OCCN(CCO[Si](C)(C)C(C)(C)C)CCS(=O)(=O)O[Si](C)(C)C(C)(C)C. The van der Waals surface area contributed by atoms with Crippen LogP contribution in [0, 0.1) is 0 Å². The average molecular weight is 556 g/mol. The van der Waals surface area contributed by atoms with Gasteiger partial charge in [-0.25, -0.2) is 8.42 Å². The lowest BCUT2D eigenvalue weighted by Gasteiger charge is -2.38. The highest BCUT2D eigenvalue weighted by atomic mass is 32.2. The topological polar surface area (TPSA) is 65.1 Å². The Morgan fingerprint density at radius 2 is 0.912 bits per heavy atom. The van der Waals surface area contributed by atoms with Crippen molar-refractivity contribution in [2.24, 2.45) is 0 Å². The largest absolute Gasteiger partial charge is 0.416 e. The maximum Gasteiger partial charge on any atom is 0.259 e. The minimum absolute atomic E-state index is 0.0142. The van der Waals surface area contributed by atoms with E-state index in [2.05, 4.69) is 93.4 Å². The second-order valence-electron chi connectivity index (χ2n) is 14.2. The van der Waals surface area contributed by atoms with Crippen LogP contribution < -0.4 is 0 Å². The molecule has 0 fully saturated rings. The molecule has 0 aromatic heterocycles. The van der Waals surface area contributed by atoms with Crippen molar-refractivity contribution in [3.05, 3.63) is 0 Å². The van der Waals surface area contributed by atoms with Crippen LogP contribution in [-0.4, -0.2) is 76.9 Å². The Bertz CT molecular complexity index is 701. The third-order valence-electron chi connectivity index (χ3n) is 8.15. The smallest absolute Gasteiger partial charge is 0.259 e. The molecule has 0 aliphatic rings. The standard InChI is InChI=1S/C24H57NO5SSi3/c1-22(2,3)32(10,11)28-19-16-25(17-20-29-33(12,13)23(4,5)6)18-21-31(26,27)30-34(14,15)24(7,8)9/h16-21H2,1-15H3. The molecule has 0 heterocycles. The van der Waals surface area contributed by atoms with Gasteiger partial charge < -0.3 is 12.7 Å². The van der Waals surface area contributed by atoms with Crippen LogP contribution in [0.4, 0.5) is 0 Å². The molecule has 0 saturated carbocycles. The maximum absolute atomic E-state index is 12.9. The Labute approximate surface area is 216 Å². The normalized spacial score (nSPS) is 15.3. The number of nitrogens with zero attached hydrogens (tertiary/aromatic N) is 1. The molecule has 0 unspecified atom stereocenters. The predicted molar refractivity (Wildman–Crippen MR) is 155 cm³/mol. The van der Waals surface area contributed by atoms with Crippen LogP contribution in [0.1, 0.15) is 62.3 Å². The van der Waals surface area contributed by atoms with Crippen LogP contribution in [-0.2, 0) is 22.8 Å². The molecule has 0 aromatic carbocycles. The third kappa shape index (κ3) is 11.2. The zero-order chi connectivity index (χ0) is 27.4. The molecular formula is C24H57NO5SSi3. The summed E-state index contributed by atoms with van der Waals surface area (Å²) in [5.74, 6) is -0.0142. The molecule has 0 radical (unpaired) electrons. The Kier molecular flexibility index (Phi) is 12.0. The van der Waals surface area contributed by atoms with E-state index in [4.69, 9.17) is 12.7 Å². The quantitative estimate of drug-likeness (QED) is 0.236. The minimum Gasteiger partial charge on any atom is -0.416 e. The van der Waals surface area contributed by atoms with Gasteiger partial charge in [-0.15, -0.1) is 0 Å².